The average Bonchev–Trinajstić information content (AvgIpc) is 3.38. The molecule has 3 aromatic rings. The second kappa shape index (κ2) is 8.91. The number of hydrogen-bond acceptors (Lipinski definition) is 5. The molecule has 0 saturated carbocycles. The van der Waals surface area contributed by atoms with Gasteiger partial charge in [-0.25, -0.2) is 4.98 Å². The summed E-state index contributed by atoms with van der Waals surface area (Å²) in [6.07, 6.45) is 3.74. The highest BCUT2D eigenvalue weighted by atomic mass is 16.5. The van der Waals surface area contributed by atoms with Crippen LogP contribution in [0.2, 0.25) is 0 Å². The van der Waals surface area contributed by atoms with Crippen molar-refractivity contribution in [3.63, 3.8) is 0 Å². The number of carbonyl (C=O) groups excluding carboxylic acids is 2. The number of aromatic nitrogens is 2. The van der Waals surface area contributed by atoms with Crippen molar-refractivity contribution in [2.24, 2.45) is 13.0 Å². The van der Waals surface area contributed by atoms with E-state index in [1.54, 1.807) is 48.5 Å². The Hall–Kier alpha value is -3.81. The van der Waals surface area contributed by atoms with Gasteiger partial charge in [-0.15, -0.1) is 0 Å². The molecule has 0 bridgehead atoms. The Bertz CT molecular complexity index is 1080. The van der Waals surface area contributed by atoms with Crippen LogP contribution in [-0.2, 0) is 23.2 Å². The summed E-state index contributed by atoms with van der Waals surface area (Å²) in [4.78, 5) is 31.1. The molecule has 1 aromatic heterocycles. The molecule has 1 aliphatic rings. The van der Waals surface area contributed by atoms with Crippen molar-refractivity contribution in [1.82, 2.24) is 9.55 Å². The van der Waals surface area contributed by atoms with Crippen LogP contribution in [0.3, 0.4) is 0 Å². The fourth-order valence-electron chi connectivity index (χ4n) is 3.53. The van der Waals surface area contributed by atoms with Crippen LogP contribution in [0.5, 0.6) is 11.5 Å². The molecule has 0 aliphatic carbocycles. The number of carbonyl (C=O) groups is 2. The van der Waals surface area contributed by atoms with Gasteiger partial charge in [0.2, 0.25) is 11.8 Å². The largest absolute Gasteiger partial charge is 0.495 e. The van der Waals surface area contributed by atoms with Crippen molar-refractivity contribution >= 4 is 23.2 Å². The van der Waals surface area contributed by atoms with Crippen LogP contribution in [0, 0.1) is 5.92 Å². The first-order valence-corrected chi connectivity index (χ1v) is 9.98. The zero-order valence-corrected chi connectivity index (χ0v) is 17.4. The second-order valence-electron chi connectivity index (χ2n) is 7.33. The maximum absolute atomic E-state index is 12.7. The number of amides is 2. The number of aryl methyl sites for hydroxylation is 1. The summed E-state index contributed by atoms with van der Waals surface area (Å²) in [5.74, 6) is 1.40. The van der Waals surface area contributed by atoms with Crippen LogP contribution in [0.4, 0.5) is 11.4 Å². The lowest BCUT2D eigenvalue weighted by Gasteiger charge is -2.19. The minimum Gasteiger partial charge on any atom is -0.495 e. The number of hydrogen-bond donors (Lipinski definition) is 1. The number of benzene rings is 2. The number of anilines is 2. The van der Waals surface area contributed by atoms with Gasteiger partial charge >= 0.3 is 0 Å². The maximum Gasteiger partial charge on any atom is 0.229 e. The van der Waals surface area contributed by atoms with Crippen LogP contribution < -0.4 is 19.7 Å². The molecule has 4 rings (SSSR count). The number of nitrogens with one attached hydrogen (secondary N) is 1. The molecule has 0 spiro atoms. The predicted octanol–water partition coefficient (Wildman–Crippen LogP) is 3.00. The molecule has 1 atom stereocenters. The molecule has 2 amide bonds. The van der Waals surface area contributed by atoms with Crippen LogP contribution in [0.15, 0.2) is 60.9 Å². The van der Waals surface area contributed by atoms with E-state index in [-0.39, 0.29) is 18.2 Å². The molecule has 160 valence electrons. The van der Waals surface area contributed by atoms with Crippen LogP contribution in [-0.4, -0.2) is 35.0 Å². The Morgan fingerprint density at radius 1 is 1.19 bits per heavy atom. The van der Waals surface area contributed by atoms with Gasteiger partial charge in [0.05, 0.1) is 18.7 Å². The zero-order chi connectivity index (χ0) is 21.8. The summed E-state index contributed by atoms with van der Waals surface area (Å²) >= 11 is 0. The standard InChI is InChI=1S/C23H24N4O4/c1-26-12-11-24-21(26)15-31-18-9-7-17(8-10-18)25-23(29)16-13-22(28)27(14-16)19-5-3-4-6-20(19)30-2/h3-12,16H,13-15H2,1-2H3,(H,25,29). The zero-order valence-electron chi connectivity index (χ0n) is 17.4. The Morgan fingerprint density at radius 3 is 2.68 bits per heavy atom. The van der Waals surface area contributed by atoms with Gasteiger partial charge in [-0.1, -0.05) is 12.1 Å². The van der Waals surface area contributed by atoms with Gasteiger partial charge in [-0.2, -0.15) is 0 Å². The molecule has 1 aliphatic heterocycles. The Balaban J connectivity index is 1.35. The molecule has 1 N–H and O–H groups in total. The van der Waals surface area contributed by atoms with Gasteiger partial charge in [-0.3, -0.25) is 9.59 Å². The van der Waals surface area contributed by atoms with E-state index in [2.05, 4.69) is 10.3 Å². The normalized spacial score (nSPS) is 15.7. The summed E-state index contributed by atoms with van der Waals surface area (Å²) in [6, 6.07) is 14.4. The summed E-state index contributed by atoms with van der Waals surface area (Å²) in [5.41, 5.74) is 1.33. The summed E-state index contributed by atoms with van der Waals surface area (Å²) in [5, 5.41) is 2.89. The van der Waals surface area contributed by atoms with E-state index in [1.807, 2.05) is 36.0 Å². The van der Waals surface area contributed by atoms with Crippen LogP contribution in [0.1, 0.15) is 12.2 Å². The summed E-state index contributed by atoms with van der Waals surface area (Å²) in [6.45, 7) is 0.675. The number of rotatable bonds is 7. The third-order valence-corrected chi connectivity index (χ3v) is 5.28. The first-order valence-electron chi connectivity index (χ1n) is 9.98. The molecule has 2 heterocycles. The second-order valence-corrected chi connectivity index (χ2v) is 7.33. The lowest BCUT2D eigenvalue weighted by atomic mass is 10.1. The molecule has 8 nitrogen and oxygen atoms in total. The third-order valence-electron chi connectivity index (χ3n) is 5.28. The van der Waals surface area contributed by atoms with Gasteiger partial charge in [0, 0.05) is 38.1 Å². The number of methoxy groups -OCH3 is 1. The maximum atomic E-state index is 12.7. The molecule has 31 heavy (non-hydrogen) atoms. The van der Waals surface area contributed by atoms with Gasteiger partial charge in [0.25, 0.3) is 0 Å². The van der Waals surface area contributed by atoms with Crippen molar-refractivity contribution in [2.75, 3.05) is 23.9 Å². The fraction of sp³-hybridized carbons (Fsp3) is 0.261. The van der Waals surface area contributed by atoms with Crippen molar-refractivity contribution in [1.29, 1.82) is 0 Å². The number of para-hydroxylation sites is 2. The van der Waals surface area contributed by atoms with Crippen LogP contribution >= 0.6 is 0 Å². The Morgan fingerprint density at radius 2 is 1.97 bits per heavy atom. The van der Waals surface area contributed by atoms with E-state index in [4.69, 9.17) is 9.47 Å². The molecule has 1 unspecified atom stereocenters. The third kappa shape index (κ3) is 4.53. The van der Waals surface area contributed by atoms with E-state index in [0.717, 1.165) is 5.82 Å². The van der Waals surface area contributed by atoms with Gasteiger partial charge in [-0.05, 0) is 36.4 Å². The van der Waals surface area contributed by atoms with Crippen LogP contribution in [0.25, 0.3) is 0 Å². The summed E-state index contributed by atoms with van der Waals surface area (Å²) < 4.78 is 13.0. The molecule has 1 saturated heterocycles. The predicted molar refractivity (Wildman–Crippen MR) is 116 cm³/mol. The molecule has 2 aromatic carbocycles. The van der Waals surface area contributed by atoms with E-state index in [0.29, 0.717) is 36.0 Å². The number of ether oxygens (including phenoxy) is 2. The molecule has 1 fully saturated rings. The molecule has 8 heteroatoms. The smallest absolute Gasteiger partial charge is 0.229 e. The van der Waals surface area contributed by atoms with Crippen molar-refractivity contribution in [3.8, 4) is 11.5 Å². The van der Waals surface area contributed by atoms with Gasteiger partial charge in [0.15, 0.2) is 0 Å². The van der Waals surface area contributed by atoms with Crippen molar-refractivity contribution in [3.05, 3.63) is 66.7 Å². The SMILES string of the molecule is COc1ccccc1N1CC(C(=O)Nc2ccc(OCc3nccn3C)cc2)CC1=O. The molecular formula is C23H24N4O4. The van der Waals surface area contributed by atoms with Gasteiger partial charge in [0.1, 0.15) is 23.9 Å². The highest BCUT2D eigenvalue weighted by Gasteiger charge is 2.36. The Kier molecular flexibility index (Phi) is 5.88. The number of imidazole rings is 1. The monoisotopic (exact) mass is 420 g/mol. The minimum atomic E-state index is -0.434. The Labute approximate surface area is 180 Å². The quantitative estimate of drug-likeness (QED) is 0.635. The van der Waals surface area contributed by atoms with Gasteiger partial charge < -0.3 is 24.3 Å². The topological polar surface area (TPSA) is 85.7 Å². The lowest BCUT2D eigenvalue weighted by molar-refractivity contribution is -0.122. The van der Waals surface area contributed by atoms with E-state index in [9.17, 15) is 9.59 Å². The fourth-order valence-corrected chi connectivity index (χ4v) is 3.53. The lowest BCUT2D eigenvalue weighted by Crippen LogP contribution is -2.28. The van der Waals surface area contributed by atoms with Crippen molar-refractivity contribution in [2.45, 2.75) is 13.0 Å². The van der Waals surface area contributed by atoms with E-state index >= 15 is 0 Å². The molecular weight excluding hydrogens is 396 g/mol. The van der Waals surface area contributed by atoms with E-state index < -0.39 is 5.92 Å². The summed E-state index contributed by atoms with van der Waals surface area (Å²) in [7, 11) is 3.47. The first kappa shape index (κ1) is 20.5. The number of nitrogens with zero attached hydrogens (tertiary/aromatic N) is 3. The highest BCUT2D eigenvalue weighted by molar-refractivity contribution is 6.04. The van der Waals surface area contributed by atoms with E-state index in [1.165, 1.54) is 0 Å². The average molecular weight is 420 g/mol. The first-order chi connectivity index (χ1) is 15.0. The molecule has 0 radical (unpaired) electrons. The van der Waals surface area contributed by atoms with Crippen molar-refractivity contribution < 1.29 is 19.1 Å². The minimum absolute atomic E-state index is 0.0947. The highest BCUT2D eigenvalue weighted by Crippen LogP contribution is 2.33.